The molecule has 0 saturated carbocycles. The van der Waals surface area contributed by atoms with Gasteiger partial charge in [-0.1, -0.05) is 30.7 Å². The minimum Gasteiger partial charge on any atom is -0.314 e. The summed E-state index contributed by atoms with van der Waals surface area (Å²) in [7, 11) is 0. The summed E-state index contributed by atoms with van der Waals surface area (Å²) in [5.74, 6) is 0. The van der Waals surface area contributed by atoms with Gasteiger partial charge in [0.15, 0.2) is 0 Å². The van der Waals surface area contributed by atoms with Gasteiger partial charge in [-0.2, -0.15) is 0 Å². The highest BCUT2D eigenvalue weighted by molar-refractivity contribution is 6.30. The first kappa shape index (κ1) is 13.9. The Morgan fingerprint density at radius 3 is 2.78 bits per heavy atom. The molecule has 0 radical (unpaired) electrons. The first-order chi connectivity index (χ1) is 8.78. The van der Waals surface area contributed by atoms with Gasteiger partial charge >= 0.3 is 0 Å². The molecular formula is C15H23ClN2. The third kappa shape index (κ3) is 4.27. The van der Waals surface area contributed by atoms with Crippen LogP contribution in [0.2, 0.25) is 5.02 Å². The van der Waals surface area contributed by atoms with Crippen molar-refractivity contribution < 1.29 is 0 Å². The molecule has 1 N–H and O–H groups in total. The molecular weight excluding hydrogens is 244 g/mol. The summed E-state index contributed by atoms with van der Waals surface area (Å²) in [6, 6.07) is 8.93. The molecule has 0 spiro atoms. The van der Waals surface area contributed by atoms with Crippen molar-refractivity contribution in [3.63, 3.8) is 0 Å². The van der Waals surface area contributed by atoms with Crippen molar-refractivity contribution in [2.75, 3.05) is 19.6 Å². The number of hydrogen-bond acceptors (Lipinski definition) is 2. The maximum Gasteiger partial charge on any atom is 0.0409 e. The van der Waals surface area contributed by atoms with Crippen LogP contribution in [0.4, 0.5) is 0 Å². The van der Waals surface area contributed by atoms with Crippen LogP contribution in [0, 0.1) is 0 Å². The number of rotatable bonds is 5. The van der Waals surface area contributed by atoms with E-state index in [0.717, 1.165) is 24.2 Å². The van der Waals surface area contributed by atoms with E-state index in [1.54, 1.807) is 0 Å². The molecule has 0 atom stereocenters. The van der Waals surface area contributed by atoms with Gasteiger partial charge in [0.25, 0.3) is 0 Å². The predicted molar refractivity (Wildman–Crippen MR) is 78.0 cm³/mol. The van der Waals surface area contributed by atoms with Crippen molar-refractivity contribution in [3.05, 3.63) is 34.9 Å². The third-order valence-corrected chi connectivity index (χ3v) is 3.80. The van der Waals surface area contributed by atoms with E-state index in [2.05, 4.69) is 29.3 Å². The van der Waals surface area contributed by atoms with Crippen molar-refractivity contribution >= 4 is 11.6 Å². The van der Waals surface area contributed by atoms with Crippen molar-refractivity contribution in [2.24, 2.45) is 0 Å². The molecule has 0 unspecified atom stereocenters. The highest BCUT2D eigenvalue weighted by Crippen LogP contribution is 2.16. The van der Waals surface area contributed by atoms with Gasteiger partial charge in [-0.05, 0) is 56.6 Å². The molecule has 1 aromatic rings. The van der Waals surface area contributed by atoms with Crippen molar-refractivity contribution in [1.82, 2.24) is 10.2 Å². The molecule has 1 heterocycles. The smallest absolute Gasteiger partial charge is 0.0409 e. The first-order valence-corrected chi connectivity index (χ1v) is 7.36. The number of nitrogens with zero attached hydrogens (tertiary/aromatic N) is 1. The largest absolute Gasteiger partial charge is 0.314 e. The molecule has 0 aliphatic carbocycles. The van der Waals surface area contributed by atoms with Crippen molar-refractivity contribution in [3.8, 4) is 0 Å². The first-order valence-electron chi connectivity index (χ1n) is 6.98. The van der Waals surface area contributed by atoms with Crippen LogP contribution in [0.25, 0.3) is 0 Å². The van der Waals surface area contributed by atoms with Crippen LogP contribution < -0.4 is 5.32 Å². The van der Waals surface area contributed by atoms with E-state index in [1.165, 1.54) is 37.9 Å². The van der Waals surface area contributed by atoms with E-state index < -0.39 is 0 Å². The van der Waals surface area contributed by atoms with Crippen LogP contribution in [0.3, 0.4) is 0 Å². The second-order valence-corrected chi connectivity index (χ2v) is 5.57. The number of nitrogens with one attached hydrogen (secondary N) is 1. The second kappa shape index (κ2) is 7.13. The van der Waals surface area contributed by atoms with E-state index >= 15 is 0 Å². The fourth-order valence-corrected chi connectivity index (χ4v) is 2.75. The van der Waals surface area contributed by atoms with E-state index in [4.69, 9.17) is 11.6 Å². The number of likely N-dealkylation sites (tertiary alicyclic amines) is 1. The summed E-state index contributed by atoms with van der Waals surface area (Å²) in [6.07, 6.45) is 3.75. The molecule has 1 aliphatic rings. The van der Waals surface area contributed by atoms with Gasteiger partial charge in [-0.15, -0.1) is 0 Å². The van der Waals surface area contributed by atoms with Gasteiger partial charge < -0.3 is 5.32 Å². The SMILES string of the molecule is CCCNC1CCN(Cc2cccc(Cl)c2)CC1. The van der Waals surface area contributed by atoms with Gasteiger partial charge in [0.05, 0.1) is 0 Å². The van der Waals surface area contributed by atoms with Gasteiger partial charge in [0.2, 0.25) is 0 Å². The van der Waals surface area contributed by atoms with Gasteiger partial charge in [0.1, 0.15) is 0 Å². The van der Waals surface area contributed by atoms with Crippen LogP contribution in [-0.2, 0) is 6.54 Å². The highest BCUT2D eigenvalue weighted by atomic mass is 35.5. The summed E-state index contributed by atoms with van der Waals surface area (Å²) in [4.78, 5) is 2.52. The molecule has 1 aromatic carbocycles. The summed E-state index contributed by atoms with van der Waals surface area (Å²) < 4.78 is 0. The lowest BCUT2D eigenvalue weighted by Gasteiger charge is -2.32. The summed E-state index contributed by atoms with van der Waals surface area (Å²) in [5.41, 5.74) is 1.32. The summed E-state index contributed by atoms with van der Waals surface area (Å²) in [5, 5.41) is 4.46. The van der Waals surface area contributed by atoms with E-state index in [1.807, 2.05) is 12.1 Å². The Labute approximate surface area is 115 Å². The van der Waals surface area contributed by atoms with E-state index in [0.29, 0.717) is 0 Å². The Morgan fingerprint density at radius 2 is 2.11 bits per heavy atom. The Kier molecular flexibility index (Phi) is 5.48. The van der Waals surface area contributed by atoms with E-state index in [-0.39, 0.29) is 0 Å². The minimum absolute atomic E-state index is 0.723. The molecule has 1 saturated heterocycles. The Balaban J connectivity index is 1.76. The van der Waals surface area contributed by atoms with Gasteiger partial charge in [-0.3, -0.25) is 4.90 Å². The number of halogens is 1. The highest BCUT2D eigenvalue weighted by Gasteiger charge is 2.18. The zero-order chi connectivity index (χ0) is 12.8. The fourth-order valence-electron chi connectivity index (χ4n) is 2.54. The van der Waals surface area contributed by atoms with E-state index in [9.17, 15) is 0 Å². The molecule has 0 bridgehead atoms. The number of hydrogen-bond donors (Lipinski definition) is 1. The maximum absolute atomic E-state index is 6.01. The molecule has 2 rings (SSSR count). The number of benzene rings is 1. The lowest BCUT2D eigenvalue weighted by molar-refractivity contribution is 0.191. The van der Waals surface area contributed by atoms with Crippen molar-refractivity contribution in [1.29, 1.82) is 0 Å². The van der Waals surface area contributed by atoms with Crippen LogP contribution >= 0.6 is 11.6 Å². The minimum atomic E-state index is 0.723. The standard InChI is InChI=1S/C15H23ClN2/c1-2-8-17-15-6-9-18(10-7-15)12-13-4-3-5-14(16)11-13/h3-5,11,15,17H,2,6-10,12H2,1H3. The number of piperidine rings is 1. The topological polar surface area (TPSA) is 15.3 Å². The quantitative estimate of drug-likeness (QED) is 0.880. The molecule has 0 amide bonds. The lowest BCUT2D eigenvalue weighted by Crippen LogP contribution is -2.42. The third-order valence-electron chi connectivity index (χ3n) is 3.57. The maximum atomic E-state index is 6.01. The summed E-state index contributed by atoms with van der Waals surface area (Å²) in [6.45, 7) is 6.78. The molecule has 0 aromatic heterocycles. The molecule has 3 heteroatoms. The lowest BCUT2D eigenvalue weighted by atomic mass is 10.0. The Hall–Kier alpha value is -0.570. The Morgan fingerprint density at radius 1 is 1.33 bits per heavy atom. The monoisotopic (exact) mass is 266 g/mol. The van der Waals surface area contributed by atoms with Crippen LogP contribution in [0.15, 0.2) is 24.3 Å². The molecule has 100 valence electrons. The van der Waals surface area contributed by atoms with Crippen LogP contribution in [0.1, 0.15) is 31.7 Å². The average Bonchev–Trinajstić information content (AvgIpc) is 2.38. The molecule has 2 nitrogen and oxygen atoms in total. The summed E-state index contributed by atoms with van der Waals surface area (Å²) >= 11 is 6.01. The fraction of sp³-hybridized carbons (Fsp3) is 0.600. The second-order valence-electron chi connectivity index (χ2n) is 5.13. The predicted octanol–water partition coefficient (Wildman–Crippen LogP) is 3.30. The molecule has 1 fully saturated rings. The zero-order valence-electron chi connectivity index (χ0n) is 11.2. The average molecular weight is 267 g/mol. The van der Waals surface area contributed by atoms with Crippen molar-refractivity contribution in [2.45, 2.75) is 38.8 Å². The zero-order valence-corrected chi connectivity index (χ0v) is 11.9. The molecule has 1 aliphatic heterocycles. The normalized spacial score (nSPS) is 18.1. The van der Waals surface area contributed by atoms with Crippen LogP contribution in [0.5, 0.6) is 0 Å². The van der Waals surface area contributed by atoms with Crippen LogP contribution in [-0.4, -0.2) is 30.6 Å². The molecule has 18 heavy (non-hydrogen) atoms. The Bertz CT molecular complexity index is 359. The van der Waals surface area contributed by atoms with Gasteiger partial charge in [-0.25, -0.2) is 0 Å². The van der Waals surface area contributed by atoms with Gasteiger partial charge in [0, 0.05) is 17.6 Å².